The van der Waals surface area contributed by atoms with Gasteiger partial charge in [-0.3, -0.25) is 14.6 Å². The molecule has 0 saturated carbocycles. The van der Waals surface area contributed by atoms with Crippen molar-refractivity contribution in [3.63, 3.8) is 0 Å². The van der Waals surface area contributed by atoms with Crippen molar-refractivity contribution in [1.29, 1.82) is 0 Å². The van der Waals surface area contributed by atoms with Crippen molar-refractivity contribution in [1.82, 2.24) is 0 Å². The summed E-state index contributed by atoms with van der Waals surface area (Å²) in [6, 6.07) is 12.8. The van der Waals surface area contributed by atoms with Crippen LogP contribution < -0.4 is 21.7 Å². The van der Waals surface area contributed by atoms with Crippen LogP contribution in [0.2, 0.25) is 23.2 Å². The Hall–Kier alpha value is -2.88. The van der Waals surface area contributed by atoms with Gasteiger partial charge in [0, 0.05) is 22.9 Å². The fourth-order valence-corrected chi connectivity index (χ4v) is 4.97. The van der Waals surface area contributed by atoms with Gasteiger partial charge in [0.05, 0.1) is 12.9 Å². The lowest BCUT2D eigenvalue weighted by Gasteiger charge is -2.36. The van der Waals surface area contributed by atoms with Crippen molar-refractivity contribution in [2.75, 3.05) is 23.4 Å². The van der Waals surface area contributed by atoms with E-state index in [1.165, 1.54) is 6.34 Å². The maximum absolute atomic E-state index is 12.7. The molecule has 188 valence electrons. The smallest absolute Gasteiger partial charge is 0.252 e. The highest BCUT2D eigenvalue weighted by atomic mass is 35.5. The number of carbonyl (C=O) groups excluding carboxylic acids is 2. The molecule has 0 radical (unpaired) electrons. The average molecular weight is 516 g/mol. The van der Waals surface area contributed by atoms with Crippen molar-refractivity contribution in [3.8, 4) is 0 Å². The van der Waals surface area contributed by atoms with E-state index in [1.807, 2.05) is 24.3 Å². The zero-order valence-corrected chi connectivity index (χ0v) is 22.6. The molecule has 10 heteroatoms. The van der Waals surface area contributed by atoms with Gasteiger partial charge in [0.15, 0.2) is 19.9 Å². The van der Waals surface area contributed by atoms with Gasteiger partial charge in [-0.15, -0.1) is 0 Å². The van der Waals surface area contributed by atoms with Gasteiger partial charge in [-0.25, -0.2) is 0 Å². The molecule has 2 atom stereocenters. The topological polar surface area (TPSA) is 123 Å². The SMILES string of the molecule is CC(C)(C)[Si](C)(C)OCCNc1ccc(N2C=NC(C(N)=O)(c3ccc(Cl)cc3)C2C(N)=O)cc1. The van der Waals surface area contributed by atoms with E-state index >= 15 is 0 Å². The van der Waals surface area contributed by atoms with E-state index in [4.69, 9.17) is 27.5 Å². The summed E-state index contributed by atoms with van der Waals surface area (Å²) in [5, 5.41) is 4.00. The molecule has 5 N–H and O–H groups in total. The maximum atomic E-state index is 12.7. The van der Waals surface area contributed by atoms with Crippen molar-refractivity contribution in [3.05, 3.63) is 59.1 Å². The minimum absolute atomic E-state index is 0.162. The number of rotatable bonds is 9. The number of aliphatic imine (C=N–C) groups is 1. The number of nitrogens with one attached hydrogen (secondary N) is 1. The molecular formula is C25H34ClN5O3Si. The second-order valence-corrected chi connectivity index (χ2v) is 15.4. The highest BCUT2D eigenvalue weighted by Crippen LogP contribution is 2.39. The van der Waals surface area contributed by atoms with E-state index in [1.54, 1.807) is 29.2 Å². The van der Waals surface area contributed by atoms with Crippen molar-refractivity contribution >= 4 is 49.4 Å². The zero-order valence-electron chi connectivity index (χ0n) is 20.8. The number of primary amides is 2. The van der Waals surface area contributed by atoms with Gasteiger partial charge >= 0.3 is 0 Å². The standard InChI is InChI=1S/C25H34ClN5O3Si/c1-24(2,3)35(4,5)34-15-14-29-19-10-12-20(13-11-19)31-16-30-25(23(28)33,21(31)22(27)32)17-6-8-18(26)9-7-17/h6-13,16,21,29H,14-15H2,1-5H3,(H2,27,32)(H2,28,33). The summed E-state index contributed by atoms with van der Waals surface area (Å²) in [4.78, 5) is 31.2. The first-order valence-corrected chi connectivity index (χ1v) is 14.7. The number of benzene rings is 2. The number of hydrogen-bond donors (Lipinski definition) is 3. The summed E-state index contributed by atoms with van der Waals surface area (Å²) in [6.07, 6.45) is 1.43. The molecule has 0 saturated heterocycles. The number of anilines is 2. The number of nitrogens with two attached hydrogens (primary N) is 2. The van der Waals surface area contributed by atoms with Crippen LogP contribution in [-0.4, -0.2) is 45.7 Å². The molecule has 8 nitrogen and oxygen atoms in total. The monoisotopic (exact) mass is 515 g/mol. The first-order chi connectivity index (χ1) is 16.3. The Morgan fingerprint density at radius 3 is 2.23 bits per heavy atom. The molecule has 35 heavy (non-hydrogen) atoms. The van der Waals surface area contributed by atoms with Gasteiger partial charge in [0.2, 0.25) is 5.91 Å². The fourth-order valence-electron chi connectivity index (χ4n) is 3.80. The quantitative estimate of drug-likeness (QED) is 0.345. The Balaban J connectivity index is 1.75. The summed E-state index contributed by atoms with van der Waals surface area (Å²) in [5.41, 5.74) is 11.9. The van der Waals surface area contributed by atoms with Crippen LogP contribution in [0, 0.1) is 0 Å². The Bertz CT molecular complexity index is 1100. The second kappa shape index (κ2) is 10.0. The number of halogens is 1. The average Bonchev–Trinajstić information content (AvgIpc) is 3.19. The molecule has 2 amide bonds. The normalized spacial score (nSPS) is 20.2. The summed E-state index contributed by atoms with van der Waals surface area (Å²) >= 11 is 6.00. The lowest BCUT2D eigenvalue weighted by molar-refractivity contribution is -0.129. The van der Waals surface area contributed by atoms with Crippen LogP contribution in [0.5, 0.6) is 0 Å². The highest BCUT2D eigenvalue weighted by molar-refractivity contribution is 6.74. The molecule has 1 aliphatic rings. The fraction of sp³-hybridized carbons (Fsp3) is 0.400. The van der Waals surface area contributed by atoms with Gasteiger partial charge in [-0.2, -0.15) is 0 Å². The summed E-state index contributed by atoms with van der Waals surface area (Å²) in [7, 11) is -1.79. The van der Waals surface area contributed by atoms with Crippen LogP contribution >= 0.6 is 11.6 Å². The number of nitrogens with zero attached hydrogens (tertiary/aromatic N) is 2. The molecule has 2 aromatic rings. The van der Waals surface area contributed by atoms with Crippen LogP contribution in [-0.2, 0) is 19.6 Å². The molecule has 1 aliphatic heterocycles. The maximum Gasteiger partial charge on any atom is 0.252 e. The summed E-state index contributed by atoms with van der Waals surface area (Å²) < 4.78 is 6.20. The molecule has 0 bridgehead atoms. The first-order valence-electron chi connectivity index (χ1n) is 11.5. The second-order valence-electron chi connectivity index (χ2n) is 10.2. The van der Waals surface area contributed by atoms with Gasteiger partial charge < -0.3 is 26.1 Å². The number of hydrogen-bond acceptors (Lipinski definition) is 6. The predicted octanol–water partition coefficient (Wildman–Crippen LogP) is 3.86. The Morgan fingerprint density at radius 1 is 1.11 bits per heavy atom. The number of carbonyl (C=O) groups is 2. The Kier molecular flexibility index (Phi) is 7.64. The number of amides is 2. The van der Waals surface area contributed by atoms with Crippen LogP contribution in [0.3, 0.4) is 0 Å². The van der Waals surface area contributed by atoms with E-state index in [9.17, 15) is 9.59 Å². The minimum atomic E-state index is -1.79. The molecule has 1 heterocycles. The van der Waals surface area contributed by atoms with Crippen LogP contribution in [0.4, 0.5) is 11.4 Å². The van der Waals surface area contributed by atoms with Gasteiger partial charge in [-0.05, 0) is 60.1 Å². The van der Waals surface area contributed by atoms with E-state index in [2.05, 4.69) is 44.2 Å². The highest BCUT2D eigenvalue weighted by Gasteiger charge is 2.55. The van der Waals surface area contributed by atoms with Gasteiger partial charge in [-0.1, -0.05) is 44.5 Å². The Morgan fingerprint density at radius 2 is 1.71 bits per heavy atom. The summed E-state index contributed by atoms with van der Waals surface area (Å²) in [5.74, 6) is -1.50. The van der Waals surface area contributed by atoms with E-state index < -0.39 is 31.7 Å². The lowest BCUT2D eigenvalue weighted by atomic mass is 9.82. The molecule has 0 aromatic heterocycles. The molecule has 0 spiro atoms. The molecule has 2 unspecified atom stereocenters. The van der Waals surface area contributed by atoms with Crippen molar-refractivity contribution in [2.24, 2.45) is 16.5 Å². The van der Waals surface area contributed by atoms with Crippen LogP contribution in [0.15, 0.2) is 53.5 Å². The Labute approximate surface area is 212 Å². The molecular weight excluding hydrogens is 482 g/mol. The van der Waals surface area contributed by atoms with Gasteiger partial charge in [0.25, 0.3) is 5.91 Å². The van der Waals surface area contributed by atoms with Crippen molar-refractivity contribution < 1.29 is 14.0 Å². The molecule has 0 aliphatic carbocycles. The first kappa shape index (κ1) is 26.7. The molecule has 3 rings (SSSR count). The van der Waals surface area contributed by atoms with E-state index in [0.717, 1.165) is 5.69 Å². The third-order valence-electron chi connectivity index (χ3n) is 6.85. The van der Waals surface area contributed by atoms with E-state index in [0.29, 0.717) is 29.4 Å². The predicted molar refractivity (Wildman–Crippen MR) is 144 cm³/mol. The van der Waals surface area contributed by atoms with Crippen molar-refractivity contribution in [2.45, 2.75) is 50.5 Å². The lowest BCUT2D eigenvalue weighted by Crippen LogP contribution is -2.57. The zero-order chi connectivity index (χ0) is 26.0. The summed E-state index contributed by atoms with van der Waals surface area (Å²) in [6.45, 7) is 12.4. The third-order valence-corrected chi connectivity index (χ3v) is 11.6. The largest absolute Gasteiger partial charge is 0.415 e. The van der Waals surface area contributed by atoms with E-state index in [-0.39, 0.29) is 5.04 Å². The molecule has 0 fully saturated rings. The minimum Gasteiger partial charge on any atom is -0.415 e. The molecule has 2 aromatic carbocycles. The van der Waals surface area contributed by atoms with Gasteiger partial charge in [0.1, 0.15) is 0 Å². The third kappa shape index (κ3) is 5.37. The van der Waals surface area contributed by atoms with Crippen LogP contribution in [0.25, 0.3) is 0 Å². The van der Waals surface area contributed by atoms with Crippen LogP contribution in [0.1, 0.15) is 26.3 Å².